The molecule has 1 aromatic heterocycles. The predicted molar refractivity (Wildman–Crippen MR) is 59.6 cm³/mol. The maximum absolute atomic E-state index is 4.98. The largest absolute Gasteiger partial charge is 0.385 e. The van der Waals surface area contributed by atoms with Crippen LogP contribution in [-0.4, -0.2) is 25.2 Å². The van der Waals surface area contributed by atoms with E-state index >= 15 is 0 Å². The van der Waals surface area contributed by atoms with E-state index in [1.807, 2.05) is 11.6 Å². The van der Waals surface area contributed by atoms with Crippen molar-refractivity contribution in [1.82, 2.24) is 10.3 Å². The number of ether oxygens (including phenoxy) is 1. The quantitative estimate of drug-likeness (QED) is 0.707. The normalized spacial score (nSPS) is 13.0. The first kappa shape index (κ1) is 11.6. The van der Waals surface area contributed by atoms with E-state index in [0.29, 0.717) is 6.04 Å². The zero-order valence-corrected chi connectivity index (χ0v) is 9.64. The minimum absolute atomic E-state index is 0.373. The predicted octanol–water partition coefficient (Wildman–Crippen LogP) is 2.22. The minimum Gasteiger partial charge on any atom is -0.385 e. The van der Waals surface area contributed by atoms with Gasteiger partial charge in [0, 0.05) is 25.3 Å². The molecule has 0 saturated heterocycles. The van der Waals surface area contributed by atoms with Crippen LogP contribution in [0.1, 0.15) is 30.8 Å². The summed E-state index contributed by atoms with van der Waals surface area (Å²) in [4.78, 5) is 4.26. The van der Waals surface area contributed by atoms with Crippen molar-refractivity contribution in [3.05, 3.63) is 16.6 Å². The maximum atomic E-state index is 4.98. The highest BCUT2D eigenvalue weighted by Crippen LogP contribution is 2.14. The van der Waals surface area contributed by atoms with Gasteiger partial charge in [-0.2, -0.15) is 0 Å². The van der Waals surface area contributed by atoms with Crippen LogP contribution in [0, 0.1) is 0 Å². The van der Waals surface area contributed by atoms with Crippen molar-refractivity contribution in [1.29, 1.82) is 0 Å². The van der Waals surface area contributed by atoms with Crippen LogP contribution in [0.3, 0.4) is 0 Å². The Kier molecular flexibility index (Phi) is 5.75. The Morgan fingerprint density at radius 2 is 2.43 bits per heavy atom. The number of aromatic nitrogens is 1. The van der Waals surface area contributed by atoms with Crippen molar-refractivity contribution in [2.24, 2.45) is 0 Å². The number of thiazole rings is 1. The summed E-state index contributed by atoms with van der Waals surface area (Å²) in [5, 5.41) is 6.61. The zero-order chi connectivity index (χ0) is 10.2. The molecule has 1 unspecified atom stereocenters. The Hall–Kier alpha value is -0.450. The third-order valence-electron chi connectivity index (χ3n) is 2.05. The lowest BCUT2D eigenvalue weighted by Gasteiger charge is -2.10. The average Bonchev–Trinajstić information content (AvgIpc) is 2.70. The van der Waals surface area contributed by atoms with Crippen molar-refractivity contribution in [2.75, 3.05) is 20.3 Å². The number of nitrogens with zero attached hydrogens (tertiary/aromatic N) is 1. The second-order valence-corrected chi connectivity index (χ2v) is 4.17. The molecular formula is C10H18N2OS. The first-order valence-electron chi connectivity index (χ1n) is 4.96. The van der Waals surface area contributed by atoms with E-state index in [9.17, 15) is 0 Å². The molecule has 1 atom stereocenters. The molecule has 0 fully saturated rings. The van der Waals surface area contributed by atoms with Crippen molar-refractivity contribution in [2.45, 2.75) is 25.8 Å². The van der Waals surface area contributed by atoms with Crippen LogP contribution in [0.15, 0.2) is 11.6 Å². The highest BCUT2D eigenvalue weighted by Gasteiger charge is 2.05. The SMILES string of the molecule is COCCCCNC(C)c1nccs1. The Labute approximate surface area is 89.5 Å². The molecule has 0 saturated carbocycles. The van der Waals surface area contributed by atoms with Gasteiger partial charge in [-0.1, -0.05) is 0 Å². The summed E-state index contributed by atoms with van der Waals surface area (Å²) < 4.78 is 4.98. The van der Waals surface area contributed by atoms with Gasteiger partial charge in [0.2, 0.25) is 0 Å². The van der Waals surface area contributed by atoms with Crippen LogP contribution >= 0.6 is 11.3 Å². The molecule has 0 aliphatic carbocycles. The molecule has 1 N–H and O–H groups in total. The number of nitrogens with one attached hydrogen (secondary N) is 1. The van der Waals surface area contributed by atoms with Crippen LogP contribution in [0.5, 0.6) is 0 Å². The number of rotatable bonds is 7. The molecule has 0 aliphatic heterocycles. The van der Waals surface area contributed by atoms with Gasteiger partial charge >= 0.3 is 0 Å². The van der Waals surface area contributed by atoms with Gasteiger partial charge < -0.3 is 10.1 Å². The molecule has 80 valence electrons. The van der Waals surface area contributed by atoms with Gasteiger partial charge in [-0.3, -0.25) is 0 Å². The van der Waals surface area contributed by atoms with E-state index < -0.39 is 0 Å². The van der Waals surface area contributed by atoms with Crippen LogP contribution in [-0.2, 0) is 4.74 Å². The molecule has 0 aromatic carbocycles. The number of unbranched alkanes of at least 4 members (excludes halogenated alkanes) is 1. The second-order valence-electron chi connectivity index (χ2n) is 3.25. The fraction of sp³-hybridized carbons (Fsp3) is 0.700. The van der Waals surface area contributed by atoms with E-state index in [-0.39, 0.29) is 0 Å². The number of hydrogen-bond donors (Lipinski definition) is 1. The van der Waals surface area contributed by atoms with Gasteiger partial charge in [0.05, 0.1) is 6.04 Å². The van der Waals surface area contributed by atoms with Crippen LogP contribution in [0.25, 0.3) is 0 Å². The molecule has 0 amide bonds. The van der Waals surface area contributed by atoms with Gasteiger partial charge in [-0.15, -0.1) is 11.3 Å². The fourth-order valence-corrected chi connectivity index (χ4v) is 1.90. The lowest BCUT2D eigenvalue weighted by Crippen LogP contribution is -2.19. The molecule has 1 heterocycles. The second kappa shape index (κ2) is 6.92. The van der Waals surface area contributed by atoms with E-state index in [2.05, 4.69) is 17.2 Å². The Morgan fingerprint density at radius 1 is 1.57 bits per heavy atom. The third-order valence-corrected chi connectivity index (χ3v) is 3.01. The summed E-state index contributed by atoms with van der Waals surface area (Å²) in [5.41, 5.74) is 0. The molecule has 14 heavy (non-hydrogen) atoms. The topological polar surface area (TPSA) is 34.1 Å². The zero-order valence-electron chi connectivity index (χ0n) is 8.82. The van der Waals surface area contributed by atoms with Crippen LogP contribution in [0.4, 0.5) is 0 Å². The highest BCUT2D eigenvalue weighted by atomic mass is 32.1. The van der Waals surface area contributed by atoms with Gasteiger partial charge in [0.15, 0.2) is 0 Å². The van der Waals surface area contributed by atoms with Crippen molar-refractivity contribution < 1.29 is 4.74 Å². The van der Waals surface area contributed by atoms with Crippen molar-refractivity contribution in [3.8, 4) is 0 Å². The van der Waals surface area contributed by atoms with Gasteiger partial charge in [0.25, 0.3) is 0 Å². The molecular weight excluding hydrogens is 196 g/mol. The summed E-state index contributed by atoms with van der Waals surface area (Å²) in [6.45, 7) is 4.03. The summed E-state index contributed by atoms with van der Waals surface area (Å²) >= 11 is 1.70. The van der Waals surface area contributed by atoms with Crippen molar-refractivity contribution >= 4 is 11.3 Å². The van der Waals surface area contributed by atoms with Crippen LogP contribution in [0.2, 0.25) is 0 Å². The lowest BCUT2D eigenvalue weighted by atomic mass is 10.3. The molecule has 3 nitrogen and oxygen atoms in total. The maximum Gasteiger partial charge on any atom is 0.109 e. The van der Waals surface area contributed by atoms with Gasteiger partial charge in [-0.05, 0) is 26.3 Å². The Morgan fingerprint density at radius 3 is 3.07 bits per heavy atom. The Bertz CT molecular complexity index is 226. The molecule has 0 bridgehead atoms. The summed E-state index contributed by atoms with van der Waals surface area (Å²) in [7, 11) is 1.74. The molecule has 1 aromatic rings. The molecule has 0 radical (unpaired) electrons. The summed E-state index contributed by atoms with van der Waals surface area (Å²) in [5.74, 6) is 0. The fourth-order valence-electron chi connectivity index (χ4n) is 1.23. The van der Waals surface area contributed by atoms with E-state index in [1.165, 1.54) is 0 Å². The summed E-state index contributed by atoms with van der Waals surface area (Å²) in [6, 6.07) is 0.373. The standard InChI is InChI=1S/C10H18N2OS/c1-9(10-12-6-8-14-10)11-5-3-4-7-13-2/h6,8-9,11H,3-5,7H2,1-2H3. The molecule has 0 spiro atoms. The Balaban J connectivity index is 2.07. The molecule has 0 aliphatic rings. The van der Waals surface area contributed by atoms with E-state index in [4.69, 9.17) is 4.74 Å². The smallest absolute Gasteiger partial charge is 0.109 e. The third kappa shape index (κ3) is 4.17. The molecule has 1 rings (SSSR count). The first-order valence-corrected chi connectivity index (χ1v) is 5.84. The highest BCUT2D eigenvalue weighted by molar-refractivity contribution is 7.09. The van der Waals surface area contributed by atoms with Gasteiger partial charge in [-0.25, -0.2) is 4.98 Å². The monoisotopic (exact) mass is 214 g/mol. The van der Waals surface area contributed by atoms with Crippen molar-refractivity contribution in [3.63, 3.8) is 0 Å². The van der Waals surface area contributed by atoms with E-state index in [0.717, 1.165) is 31.0 Å². The first-order chi connectivity index (χ1) is 6.84. The minimum atomic E-state index is 0.373. The lowest BCUT2D eigenvalue weighted by molar-refractivity contribution is 0.192. The number of methoxy groups -OCH3 is 1. The van der Waals surface area contributed by atoms with Crippen LogP contribution < -0.4 is 5.32 Å². The average molecular weight is 214 g/mol. The summed E-state index contributed by atoms with van der Waals surface area (Å²) in [6.07, 6.45) is 4.13. The van der Waals surface area contributed by atoms with E-state index in [1.54, 1.807) is 18.4 Å². The number of hydrogen-bond acceptors (Lipinski definition) is 4. The van der Waals surface area contributed by atoms with Gasteiger partial charge in [0.1, 0.15) is 5.01 Å². The molecule has 4 heteroatoms.